The van der Waals surface area contributed by atoms with Crippen LogP contribution in [0.15, 0.2) is 24.4 Å². The van der Waals surface area contributed by atoms with Crippen molar-refractivity contribution in [1.29, 1.82) is 0 Å². The Morgan fingerprint density at radius 2 is 1.85 bits per heavy atom. The fourth-order valence-corrected chi connectivity index (χ4v) is 3.47. The molecule has 4 rings (SSSR count). The minimum Gasteiger partial charge on any atom is -0.361 e. The van der Waals surface area contributed by atoms with Crippen LogP contribution in [-0.4, -0.2) is 57.0 Å². The van der Waals surface area contributed by atoms with Gasteiger partial charge in [0.05, 0.1) is 0 Å². The van der Waals surface area contributed by atoms with Gasteiger partial charge in [0.15, 0.2) is 11.5 Å². The van der Waals surface area contributed by atoms with E-state index in [0.717, 1.165) is 54.9 Å². The Morgan fingerprint density at radius 1 is 1.07 bits per heavy atom. The summed E-state index contributed by atoms with van der Waals surface area (Å²) in [5.41, 5.74) is 0.801. The van der Waals surface area contributed by atoms with Gasteiger partial charge in [-0.05, 0) is 31.0 Å². The molecule has 0 aromatic carbocycles. The molecule has 0 amide bonds. The van der Waals surface area contributed by atoms with Crippen molar-refractivity contribution < 1.29 is 0 Å². The quantitative estimate of drug-likeness (QED) is 0.702. The Bertz CT molecular complexity index is 924. The molecule has 0 aliphatic carbocycles. The van der Waals surface area contributed by atoms with Crippen molar-refractivity contribution in [1.82, 2.24) is 29.8 Å². The van der Waals surface area contributed by atoms with Gasteiger partial charge in [0.1, 0.15) is 17.5 Å². The van der Waals surface area contributed by atoms with Crippen molar-refractivity contribution in [2.24, 2.45) is 0 Å². The van der Waals surface area contributed by atoms with E-state index < -0.39 is 0 Å². The van der Waals surface area contributed by atoms with Crippen LogP contribution in [-0.2, 0) is 0 Å². The van der Waals surface area contributed by atoms with Crippen LogP contribution in [0.5, 0.6) is 0 Å². The second-order valence-electron chi connectivity index (χ2n) is 7.60. The molecule has 8 nitrogen and oxygen atoms in total. The number of rotatable bonds is 4. The van der Waals surface area contributed by atoms with Crippen LogP contribution in [0.25, 0.3) is 5.65 Å². The lowest BCUT2D eigenvalue weighted by Crippen LogP contribution is -2.34. The van der Waals surface area contributed by atoms with Crippen molar-refractivity contribution in [3.8, 4) is 0 Å². The van der Waals surface area contributed by atoms with E-state index in [1.807, 2.05) is 47.9 Å². The maximum atomic E-state index is 4.73. The SMILES string of the molecule is CC(C)c1nccc(N2CCC(c3nnc4ccc(N(C)C)nn34)CC2)n1. The predicted molar refractivity (Wildman–Crippen MR) is 105 cm³/mol. The highest BCUT2D eigenvalue weighted by molar-refractivity contribution is 5.45. The summed E-state index contributed by atoms with van der Waals surface area (Å²) in [5.74, 6) is 4.47. The molecule has 0 spiro atoms. The van der Waals surface area contributed by atoms with Gasteiger partial charge in [0, 0.05) is 45.2 Å². The first kappa shape index (κ1) is 17.6. The third kappa shape index (κ3) is 3.43. The van der Waals surface area contributed by atoms with Crippen molar-refractivity contribution in [3.05, 3.63) is 36.0 Å². The Kier molecular flexibility index (Phi) is 4.63. The first-order valence-electron chi connectivity index (χ1n) is 9.50. The van der Waals surface area contributed by atoms with Crippen molar-refractivity contribution in [3.63, 3.8) is 0 Å². The maximum Gasteiger partial charge on any atom is 0.178 e. The van der Waals surface area contributed by atoms with Crippen LogP contribution < -0.4 is 9.80 Å². The predicted octanol–water partition coefficient (Wildman–Crippen LogP) is 2.49. The van der Waals surface area contributed by atoms with E-state index in [9.17, 15) is 0 Å². The van der Waals surface area contributed by atoms with Gasteiger partial charge >= 0.3 is 0 Å². The van der Waals surface area contributed by atoms with E-state index in [2.05, 4.69) is 33.9 Å². The van der Waals surface area contributed by atoms with Crippen molar-refractivity contribution >= 4 is 17.3 Å². The first-order valence-corrected chi connectivity index (χ1v) is 9.50. The van der Waals surface area contributed by atoms with Gasteiger partial charge in [-0.25, -0.2) is 9.97 Å². The molecule has 1 saturated heterocycles. The standard InChI is InChI=1S/C19H26N8/c1-13(2)18-20-10-7-15(21-18)26-11-8-14(9-12-26)19-23-22-16-5-6-17(25(3)4)24-27(16)19/h5-7,10,13-14H,8-9,11-12H2,1-4H3. The summed E-state index contributed by atoms with van der Waals surface area (Å²) < 4.78 is 1.90. The van der Waals surface area contributed by atoms with Crippen LogP contribution in [0.2, 0.25) is 0 Å². The molecular weight excluding hydrogens is 340 g/mol. The largest absolute Gasteiger partial charge is 0.361 e. The van der Waals surface area contributed by atoms with E-state index >= 15 is 0 Å². The van der Waals surface area contributed by atoms with Gasteiger partial charge in [-0.1, -0.05) is 13.8 Å². The van der Waals surface area contributed by atoms with Gasteiger partial charge in [-0.3, -0.25) is 0 Å². The second kappa shape index (κ2) is 7.09. The van der Waals surface area contributed by atoms with E-state index in [-0.39, 0.29) is 0 Å². The zero-order valence-corrected chi connectivity index (χ0v) is 16.4. The third-order valence-corrected chi connectivity index (χ3v) is 5.09. The average Bonchev–Trinajstić information content (AvgIpc) is 3.11. The number of hydrogen-bond donors (Lipinski definition) is 0. The lowest BCUT2D eigenvalue weighted by atomic mass is 9.96. The summed E-state index contributed by atoms with van der Waals surface area (Å²) in [6, 6.07) is 5.95. The van der Waals surface area contributed by atoms with Gasteiger partial charge < -0.3 is 9.80 Å². The zero-order chi connectivity index (χ0) is 19.0. The molecular formula is C19H26N8. The van der Waals surface area contributed by atoms with Crippen LogP contribution >= 0.6 is 0 Å². The molecule has 4 heterocycles. The summed E-state index contributed by atoms with van der Waals surface area (Å²) in [4.78, 5) is 13.4. The molecule has 0 atom stereocenters. The third-order valence-electron chi connectivity index (χ3n) is 5.09. The fraction of sp³-hybridized carbons (Fsp3) is 0.526. The normalized spacial score (nSPS) is 15.7. The molecule has 8 heteroatoms. The van der Waals surface area contributed by atoms with Crippen LogP contribution in [0.1, 0.15) is 50.2 Å². The van der Waals surface area contributed by atoms with Gasteiger partial charge in [0.2, 0.25) is 0 Å². The first-order chi connectivity index (χ1) is 13.0. The van der Waals surface area contributed by atoms with E-state index in [1.165, 1.54) is 0 Å². The average molecular weight is 366 g/mol. The second-order valence-corrected chi connectivity index (χ2v) is 7.60. The Hall–Kier alpha value is -2.77. The topological polar surface area (TPSA) is 75.3 Å². The summed E-state index contributed by atoms with van der Waals surface area (Å²) in [6.07, 6.45) is 3.88. The minimum atomic E-state index is 0.335. The van der Waals surface area contributed by atoms with E-state index in [4.69, 9.17) is 10.1 Å². The molecule has 1 fully saturated rings. The highest BCUT2D eigenvalue weighted by Crippen LogP contribution is 2.29. The Balaban J connectivity index is 1.52. The summed E-state index contributed by atoms with van der Waals surface area (Å²) in [5, 5.41) is 13.4. The number of hydrogen-bond acceptors (Lipinski definition) is 7. The number of piperidine rings is 1. The lowest BCUT2D eigenvalue weighted by Gasteiger charge is -2.32. The highest BCUT2D eigenvalue weighted by atomic mass is 15.4. The molecule has 142 valence electrons. The summed E-state index contributed by atoms with van der Waals surface area (Å²) in [7, 11) is 3.98. The van der Waals surface area contributed by atoms with Crippen LogP contribution in [0.3, 0.4) is 0 Å². The maximum absolute atomic E-state index is 4.73. The van der Waals surface area contributed by atoms with Gasteiger partial charge in [-0.2, -0.15) is 4.52 Å². The Labute approximate surface area is 159 Å². The highest BCUT2D eigenvalue weighted by Gasteiger charge is 2.26. The molecule has 3 aromatic rings. The van der Waals surface area contributed by atoms with E-state index in [0.29, 0.717) is 11.8 Å². The monoisotopic (exact) mass is 366 g/mol. The molecule has 0 unspecified atom stereocenters. The lowest BCUT2D eigenvalue weighted by molar-refractivity contribution is 0.474. The molecule has 0 saturated carbocycles. The molecule has 1 aliphatic heterocycles. The molecule has 3 aromatic heterocycles. The molecule has 0 radical (unpaired) electrons. The molecule has 0 N–H and O–H groups in total. The molecule has 27 heavy (non-hydrogen) atoms. The summed E-state index contributed by atoms with van der Waals surface area (Å²) >= 11 is 0. The zero-order valence-electron chi connectivity index (χ0n) is 16.4. The molecule has 0 bridgehead atoms. The number of nitrogens with zero attached hydrogens (tertiary/aromatic N) is 8. The van der Waals surface area contributed by atoms with Crippen molar-refractivity contribution in [2.75, 3.05) is 37.0 Å². The molecule has 1 aliphatic rings. The number of aromatic nitrogens is 6. The number of fused-ring (bicyclic) bond motifs is 1. The van der Waals surface area contributed by atoms with Gasteiger partial charge in [-0.15, -0.1) is 15.3 Å². The Morgan fingerprint density at radius 3 is 2.56 bits per heavy atom. The number of anilines is 2. The van der Waals surface area contributed by atoms with Crippen LogP contribution in [0, 0.1) is 0 Å². The van der Waals surface area contributed by atoms with E-state index in [1.54, 1.807) is 0 Å². The van der Waals surface area contributed by atoms with Gasteiger partial charge in [0.25, 0.3) is 0 Å². The summed E-state index contributed by atoms with van der Waals surface area (Å²) in [6.45, 7) is 6.14. The minimum absolute atomic E-state index is 0.335. The van der Waals surface area contributed by atoms with Crippen LogP contribution in [0.4, 0.5) is 11.6 Å². The van der Waals surface area contributed by atoms with Crippen molar-refractivity contribution in [2.45, 2.75) is 38.5 Å². The fourth-order valence-electron chi connectivity index (χ4n) is 3.47. The smallest absolute Gasteiger partial charge is 0.178 e.